The van der Waals surface area contributed by atoms with E-state index in [0.29, 0.717) is 17.3 Å². The molecule has 1 aromatic carbocycles. The molecule has 3 heterocycles. The highest BCUT2D eigenvalue weighted by Gasteiger charge is 2.33. The van der Waals surface area contributed by atoms with Crippen LogP contribution in [0.2, 0.25) is 0 Å². The molecule has 6 N–H and O–H groups in total. The van der Waals surface area contributed by atoms with Crippen LogP contribution >= 0.6 is 0 Å². The van der Waals surface area contributed by atoms with Crippen LogP contribution in [0.15, 0.2) is 23.2 Å². The van der Waals surface area contributed by atoms with Gasteiger partial charge in [0.15, 0.2) is 0 Å². The van der Waals surface area contributed by atoms with Crippen LogP contribution < -0.4 is 27.2 Å². The number of hydrazine groups is 1. The third-order valence-corrected chi connectivity index (χ3v) is 5.78. The standard InChI is InChI=1S/C18H28FN7/c19-15-12-13(18(21)22-17(20)23-24-18)4-5-16(15)26-10-6-14(7-11-26)25-8-2-1-3-9-25/h4-5,12,14,24H,1-3,6-11,21H2,(H3,20,22,23). The van der Waals surface area contributed by atoms with E-state index in [2.05, 4.69) is 25.6 Å². The van der Waals surface area contributed by atoms with Crippen molar-refractivity contribution >= 4 is 11.6 Å². The number of hydrogen-bond acceptors (Lipinski definition) is 7. The van der Waals surface area contributed by atoms with Crippen LogP contribution in [0, 0.1) is 5.82 Å². The third kappa shape index (κ3) is 3.36. The van der Waals surface area contributed by atoms with Crippen LogP contribution in [0.1, 0.15) is 37.7 Å². The number of guanidine groups is 1. The van der Waals surface area contributed by atoms with Gasteiger partial charge in [-0.3, -0.25) is 11.2 Å². The molecule has 142 valence electrons. The summed E-state index contributed by atoms with van der Waals surface area (Å²) >= 11 is 0. The number of rotatable bonds is 3. The summed E-state index contributed by atoms with van der Waals surface area (Å²) in [6.07, 6.45) is 6.16. The Morgan fingerprint density at radius 3 is 2.46 bits per heavy atom. The lowest BCUT2D eigenvalue weighted by Crippen LogP contribution is -2.50. The van der Waals surface area contributed by atoms with E-state index in [0.717, 1.165) is 25.9 Å². The lowest BCUT2D eigenvalue weighted by molar-refractivity contribution is 0.141. The zero-order chi connectivity index (χ0) is 18.1. The molecule has 2 saturated heterocycles. The number of nitrogens with zero attached hydrogens (tertiary/aromatic N) is 3. The first-order valence-electron chi connectivity index (χ1n) is 9.51. The van der Waals surface area contributed by atoms with Crippen LogP contribution in [0.3, 0.4) is 0 Å². The Bertz CT molecular complexity index is 680. The second kappa shape index (κ2) is 7.02. The summed E-state index contributed by atoms with van der Waals surface area (Å²) in [5.41, 5.74) is 18.4. The maximum atomic E-state index is 14.8. The molecule has 26 heavy (non-hydrogen) atoms. The average Bonchev–Trinajstić information content (AvgIpc) is 3.03. The minimum Gasteiger partial charge on any atom is -0.369 e. The summed E-state index contributed by atoms with van der Waals surface area (Å²) in [6, 6.07) is 5.70. The Morgan fingerprint density at radius 1 is 1.12 bits per heavy atom. The first-order chi connectivity index (χ1) is 12.5. The summed E-state index contributed by atoms with van der Waals surface area (Å²) in [6.45, 7) is 4.21. The number of halogens is 1. The lowest BCUT2D eigenvalue weighted by Gasteiger charge is -2.41. The maximum absolute atomic E-state index is 14.8. The first kappa shape index (κ1) is 17.5. The van der Waals surface area contributed by atoms with Gasteiger partial charge in [-0.05, 0) is 50.9 Å². The second-order valence-electron chi connectivity index (χ2n) is 7.49. The largest absolute Gasteiger partial charge is 0.369 e. The summed E-state index contributed by atoms with van der Waals surface area (Å²) in [5, 5.41) is 0. The molecule has 0 spiro atoms. The average molecular weight is 361 g/mol. The van der Waals surface area contributed by atoms with E-state index in [1.54, 1.807) is 6.07 Å². The Balaban J connectivity index is 1.42. The lowest BCUT2D eigenvalue weighted by atomic mass is 9.99. The Morgan fingerprint density at radius 2 is 1.85 bits per heavy atom. The van der Waals surface area contributed by atoms with Crippen molar-refractivity contribution < 1.29 is 4.39 Å². The highest BCUT2D eigenvalue weighted by atomic mass is 19.1. The maximum Gasteiger partial charge on any atom is 0.209 e. The number of hydrogen-bond donors (Lipinski definition) is 4. The predicted octanol–water partition coefficient (Wildman–Crippen LogP) is 0.772. The molecule has 0 amide bonds. The summed E-state index contributed by atoms with van der Waals surface area (Å²) < 4.78 is 14.8. The number of piperidine rings is 2. The van der Waals surface area contributed by atoms with Crippen LogP contribution in [-0.4, -0.2) is 43.1 Å². The number of nitrogens with one attached hydrogen (secondary N) is 2. The Labute approximate surface area is 153 Å². The van der Waals surface area contributed by atoms with Crippen molar-refractivity contribution in [3.8, 4) is 0 Å². The van der Waals surface area contributed by atoms with Crippen LogP contribution in [-0.2, 0) is 5.79 Å². The number of nitrogens with two attached hydrogens (primary N) is 2. The molecule has 0 aromatic heterocycles. The van der Waals surface area contributed by atoms with Gasteiger partial charge < -0.3 is 15.5 Å². The van der Waals surface area contributed by atoms with Crippen molar-refractivity contribution in [1.82, 2.24) is 15.8 Å². The molecular formula is C18H28FN7. The summed E-state index contributed by atoms with van der Waals surface area (Å²) in [7, 11) is 0. The molecule has 2 fully saturated rings. The molecule has 8 heteroatoms. The van der Waals surface area contributed by atoms with Crippen molar-refractivity contribution in [2.45, 2.75) is 43.9 Å². The summed E-state index contributed by atoms with van der Waals surface area (Å²) in [5.74, 6) is -1.31. The zero-order valence-electron chi connectivity index (χ0n) is 15.0. The Kier molecular flexibility index (Phi) is 4.73. The number of anilines is 1. The molecule has 7 nitrogen and oxygen atoms in total. The van der Waals surface area contributed by atoms with Gasteiger partial charge in [0.25, 0.3) is 0 Å². The van der Waals surface area contributed by atoms with Crippen molar-refractivity contribution in [2.24, 2.45) is 16.5 Å². The molecule has 4 rings (SSSR count). The second-order valence-corrected chi connectivity index (χ2v) is 7.49. The minimum atomic E-state index is -1.23. The van der Waals surface area contributed by atoms with Crippen molar-refractivity contribution in [1.29, 1.82) is 0 Å². The summed E-state index contributed by atoms with van der Waals surface area (Å²) in [4.78, 5) is 8.86. The van der Waals surface area contributed by atoms with Crippen molar-refractivity contribution in [3.63, 3.8) is 0 Å². The quantitative estimate of drug-likeness (QED) is 0.635. The smallest absolute Gasteiger partial charge is 0.209 e. The van der Waals surface area contributed by atoms with Gasteiger partial charge >= 0.3 is 0 Å². The molecule has 0 radical (unpaired) electrons. The molecule has 3 aliphatic rings. The number of likely N-dealkylation sites (tertiary alicyclic amines) is 1. The van der Waals surface area contributed by atoms with E-state index >= 15 is 0 Å². The van der Waals surface area contributed by atoms with Gasteiger partial charge in [-0.25, -0.2) is 9.38 Å². The molecule has 1 unspecified atom stereocenters. The fourth-order valence-electron chi connectivity index (χ4n) is 4.30. The van der Waals surface area contributed by atoms with Crippen LogP contribution in [0.5, 0.6) is 0 Å². The monoisotopic (exact) mass is 361 g/mol. The zero-order valence-corrected chi connectivity index (χ0v) is 15.0. The van der Waals surface area contributed by atoms with Gasteiger partial charge in [-0.1, -0.05) is 12.5 Å². The molecule has 1 atom stereocenters. The highest BCUT2D eigenvalue weighted by molar-refractivity contribution is 5.79. The van der Waals surface area contributed by atoms with E-state index in [9.17, 15) is 4.39 Å². The van der Waals surface area contributed by atoms with E-state index < -0.39 is 5.79 Å². The SMILES string of the molecule is NC1=NC(N)(c2ccc(N3CCC(N4CCCCC4)CC3)c(F)c2)NN1. The molecule has 0 bridgehead atoms. The van der Waals surface area contributed by atoms with Crippen molar-refractivity contribution in [2.75, 3.05) is 31.1 Å². The van der Waals surface area contributed by atoms with Gasteiger partial charge in [0.1, 0.15) is 5.82 Å². The molecule has 3 aliphatic heterocycles. The topological polar surface area (TPSA) is 94.9 Å². The number of aliphatic imine (C=N–C) groups is 1. The van der Waals surface area contributed by atoms with Gasteiger partial charge in [0, 0.05) is 24.7 Å². The Hall–Kier alpha value is -1.90. The molecule has 1 aromatic rings. The van der Waals surface area contributed by atoms with Gasteiger partial charge in [-0.15, -0.1) is 0 Å². The minimum absolute atomic E-state index is 0.191. The normalized spacial score (nSPS) is 28.1. The van der Waals surface area contributed by atoms with Gasteiger partial charge in [-0.2, -0.15) is 5.43 Å². The fourth-order valence-corrected chi connectivity index (χ4v) is 4.30. The highest BCUT2D eigenvalue weighted by Crippen LogP contribution is 2.29. The van der Waals surface area contributed by atoms with E-state index in [1.165, 1.54) is 38.4 Å². The molecular weight excluding hydrogens is 333 g/mol. The molecule has 0 saturated carbocycles. The number of benzene rings is 1. The van der Waals surface area contributed by atoms with E-state index in [4.69, 9.17) is 11.5 Å². The van der Waals surface area contributed by atoms with Crippen molar-refractivity contribution in [3.05, 3.63) is 29.6 Å². The van der Waals surface area contributed by atoms with E-state index in [1.807, 2.05) is 6.07 Å². The molecule has 0 aliphatic carbocycles. The first-order valence-corrected chi connectivity index (χ1v) is 9.51. The van der Waals surface area contributed by atoms with E-state index in [-0.39, 0.29) is 11.8 Å². The van der Waals surface area contributed by atoms with Gasteiger partial charge in [0.2, 0.25) is 11.7 Å². The predicted molar refractivity (Wildman–Crippen MR) is 101 cm³/mol. The van der Waals surface area contributed by atoms with Crippen LogP contribution in [0.4, 0.5) is 10.1 Å². The fraction of sp³-hybridized carbons (Fsp3) is 0.611. The van der Waals surface area contributed by atoms with Crippen LogP contribution in [0.25, 0.3) is 0 Å². The van der Waals surface area contributed by atoms with Gasteiger partial charge in [0.05, 0.1) is 5.69 Å². The third-order valence-electron chi connectivity index (χ3n) is 5.78.